The summed E-state index contributed by atoms with van der Waals surface area (Å²) in [7, 11) is 1.35. The van der Waals surface area contributed by atoms with Gasteiger partial charge in [0.25, 0.3) is 0 Å². The normalized spacial score (nSPS) is 11.5. The first kappa shape index (κ1) is 11.8. The first-order chi connectivity index (χ1) is 6.92. The van der Waals surface area contributed by atoms with Gasteiger partial charge in [0.1, 0.15) is 5.82 Å². The summed E-state index contributed by atoms with van der Waals surface area (Å²) in [5.41, 5.74) is -0.461. The Morgan fingerprint density at radius 2 is 2.00 bits per heavy atom. The summed E-state index contributed by atoms with van der Waals surface area (Å²) in [6.45, 7) is 3.18. The maximum atomic E-state index is 13.6. The molecule has 4 heteroatoms. The quantitative estimate of drug-likeness (QED) is 0.806. The van der Waals surface area contributed by atoms with E-state index >= 15 is 0 Å². The second-order valence-corrected chi connectivity index (χ2v) is 4.05. The van der Waals surface area contributed by atoms with E-state index in [0.717, 1.165) is 6.07 Å². The lowest BCUT2D eigenvalue weighted by molar-refractivity contribution is 0.214. The molecule has 0 heterocycles. The van der Waals surface area contributed by atoms with Gasteiger partial charge in [0.05, 0.1) is 13.7 Å². The van der Waals surface area contributed by atoms with Crippen LogP contribution in [0.25, 0.3) is 0 Å². The van der Waals surface area contributed by atoms with Crippen LogP contribution in [0, 0.1) is 5.82 Å². The molecule has 0 spiro atoms. The van der Waals surface area contributed by atoms with Crippen LogP contribution in [0.4, 0.5) is 4.39 Å². The number of hydrogen-bond donors (Lipinski definition) is 2. The van der Waals surface area contributed by atoms with E-state index in [1.165, 1.54) is 13.2 Å². The molecule has 2 N–H and O–H groups in total. The molecular weight excluding hydrogens is 199 g/mol. The van der Waals surface area contributed by atoms with Crippen molar-refractivity contribution in [3.63, 3.8) is 0 Å². The first-order valence-corrected chi connectivity index (χ1v) is 4.60. The summed E-state index contributed by atoms with van der Waals surface area (Å²) in [5.74, 6) is -0.538. The Bertz CT molecular complexity index is 361. The fourth-order valence-corrected chi connectivity index (χ4v) is 1.31. The van der Waals surface area contributed by atoms with Gasteiger partial charge < -0.3 is 14.9 Å². The van der Waals surface area contributed by atoms with E-state index in [9.17, 15) is 9.50 Å². The third-order valence-corrected chi connectivity index (χ3v) is 2.39. The van der Waals surface area contributed by atoms with Gasteiger partial charge in [0.2, 0.25) is 0 Å². The molecule has 0 aliphatic carbocycles. The molecular formula is C11H15FO3. The van der Waals surface area contributed by atoms with Crippen molar-refractivity contribution in [2.75, 3.05) is 13.7 Å². The summed E-state index contributed by atoms with van der Waals surface area (Å²) in [5, 5.41) is 18.6. The van der Waals surface area contributed by atoms with Crippen molar-refractivity contribution in [3.8, 4) is 11.5 Å². The van der Waals surface area contributed by atoms with Crippen LogP contribution in [0.15, 0.2) is 12.1 Å². The van der Waals surface area contributed by atoms with Gasteiger partial charge in [0, 0.05) is 11.5 Å². The maximum absolute atomic E-state index is 13.6. The van der Waals surface area contributed by atoms with Gasteiger partial charge in [-0.1, -0.05) is 13.8 Å². The van der Waals surface area contributed by atoms with Crippen molar-refractivity contribution >= 4 is 0 Å². The first-order valence-electron chi connectivity index (χ1n) is 4.60. The highest BCUT2D eigenvalue weighted by molar-refractivity contribution is 5.44. The predicted molar refractivity (Wildman–Crippen MR) is 54.7 cm³/mol. The lowest BCUT2D eigenvalue weighted by Gasteiger charge is -2.23. The van der Waals surface area contributed by atoms with Crippen LogP contribution < -0.4 is 4.74 Å². The van der Waals surface area contributed by atoms with Crippen LogP contribution >= 0.6 is 0 Å². The topological polar surface area (TPSA) is 49.7 Å². The van der Waals surface area contributed by atoms with E-state index in [0.29, 0.717) is 0 Å². The molecule has 0 amide bonds. The van der Waals surface area contributed by atoms with E-state index in [2.05, 4.69) is 0 Å². The minimum absolute atomic E-state index is 0.0880. The molecule has 0 fully saturated rings. The molecule has 0 aromatic heterocycles. The standard InChI is InChI=1S/C11H15FO3/c1-11(2,6-13)7-4-9(14)10(15-3)5-8(7)12/h4-5,13-14H,6H2,1-3H3. The SMILES string of the molecule is COc1cc(F)c(C(C)(C)CO)cc1O. The Labute approximate surface area is 88.1 Å². The van der Waals surface area contributed by atoms with Crippen LogP contribution in [-0.2, 0) is 5.41 Å². The monoisotopic (exact) mass is 214 g/mol. The number of phenolic OH excluding ortho intramolecular Hbond substituents is 1. The van der Waals surface area contributed by atoms with Gasteiger partial charge >= 0.3 is 0 Å². The maximum Gasteiger partial charge on any atom is 0.163 e. The zero-order valence-corrected chi connectivity index (χ0v) is 9.04. The summed E-state index contributed by atoms with van der Waals surface area (Å²) < 4.78 is 18.4. The molecule has 1 aromatic rings. The Morgan fingerprint density at radius 3 is 2.47 bits per heavy atom. The Hall–Kier alpha value is -1.29. The average molecular weight is 214 g/mol. The molecule has 3 nitrogen and oxygen atoms in total. The molecule has 1 rings (SSSR count). The molecule has 0 aliphatic heterocycles. The number of aromatic hydroxyl groups is 1. The number of benzene rings is 1. The van der Waals surface area contributed by atoms with Gasteiger partial charge in [-0.2, -0.15) is 0 Å². The lowest BCUT2D eigenvalue weighted by atomic mass is 9.85. The molecule has 0 aliphatic rings. The van der Waals surface area contributed by atoms with Crippen molar-refractivity contribution < 1.29 is 19.3 Å². The minimum Gasteiger partial charge on any atom is -0.504 e. The molecule has 1 aromatic carbocycles. The molecule has 0 radical (unpaired) electrons. The fraction of sp³-hybridized carbons (Fsp3) is 0.455. The van der Waals surface area contributed by atoms with Crippen LogP contribution in [-0.4, -0.2) is 23.9 Å². The number of rotatable bonds is 3. The van der Waals surface area contributed by atoms with Crippen LogP contribution in [0.2, 0.25) is 0 Å². The summed E-state index contributed by atoms with van der Waals surface area (Å²) in [6.07, 6.45) is 0. The van der Waals surface area contributed by atoms with Crippen molar-refractivity contribution in [1.82, 2.24) is 0 Å². The number of ether oxygens (including phenoxy) is 1. The highest BCUT2D eigenvalue weighted by Gasteiger charge is 2.25. The predicted octanol–water partition coefficient (Wildman–Crippen LogP) is 1.81. The second-order valence-electron chi connectivity index (χ2n) is 4.05. The lowest BCUT2D eigenvalue weighted by Crippen LogP contribution is -2.23. The smallest absolute Gasteiger partial charge is 0.163 e. The van der Waals surface area contributed by atoms with Gasteiger partial charge in [-0.05, 0) is 11.6 Å². The third kappa shape index (κ3) is 2.21. The minimum atomic E-state index is -0.728. The van der Waals surface area contributed by atoms with Crippen molar-refractivity contribution in [2.45, 2.75) is 19.3 Å². The zero-order chi connectivity index (χ0) is 11.6. The van der Waals surface area contributed by atoms with E-state index in [-0.39, 0.29) is 23.7 Å². The van der Waals surface area contributed by atoms with E-state index in [1.54, 1.807) is 13.8 Å². The fourth-order valence-electron chi connectivity index (χ4n) is 1.31. The van der Waals surface area contributed by atoms with Crippen LogP contribution in [0.1, 0.15) is 19.4 Å². The van der Waals surface area contributed by atoms with Crippen LogP contribution in [0.3, 0.4) is 0 Å². The Balaban J connectivity index is 3.28. The highest BCUT2D eigenvalue weighted by atomic mass is 19.1. The number of phenols is 1. The third-order valence-electron chi connectivity index (χ3n) is 2.39. The van der Waals surface area contributed by atoms with E-state index < -0.39 is 11.2 Å². The average Bonchev–Trinajstić information content (AvgIpc) is 2.20. The second kappa shape index (κ2) is 4.06. The zero-order valence-electron chi connectivity index (χ0n) is 9.04. The van der Waals surface area contributed by atoms with Gasteiger partial charge in [0.15, 0.2) is 11.5 Å². The largest absolute Gasteiger partial charge is 0.504 e. The number of hydrogen-bond acceptors (Lipinski definition) is 3. The van der Waals surface area contributed by atoms with Crippen molar-refractivity contribution in [1.29, 1.82) is 0 Å². The van der Waals surface area contributed by atoms with Crippen molar-refractivity contribution in [2.24, 2.45) is 0 Å². The molecule has 0 unspecified atom stereocenters. The summed E-state index contributed by atoms with van der Waals surface area (Å²) >= 11 is 0. The molecule has 15 heavy (non-hydrogen) atoms. The molecule has 84 valence electrons. The molecule has 0 bridgehead atoms. The number of aliphatic hydroxyl groups is 1. The summed E-state index contributed by atoms with van der Waals surface area (Å²) in [4.78, 5) is 0. The molecule has 0 saturated heterocycles. The van der Waals surface area contributed by atoms with Gasteiger partial charge in [-0.15, -0.1) is 0 Å². The number of halogens is 1. The van der Waals surface area contributed by atoms with E-state index in [1.807, 2.05) is 0 Å². The number of methoxy groups -OCH3 is 1. The Kier molecular flexibility index (Phi) is 3.19. The van der Waals surface area contributed by atoms with Gasteiger partial charge in [-0.25, -0.2) is 4.39 Å². The van der Waals surface area contributed by atoms with E-state index in [4.69, 9.17) is 9.84 Å². The molecule has 0 saturated carbocycles. The van der Waals surface area contributed by atoms with Gasteiger partial charge in [-0.3, -0.25) is 0 Å². The molecule has 0 atom stereocenters. The number of aliphatic hydroxyl groups excluding tert-OH is 1. The van der Waals surface area contributed by atoms with Crippen LogP contribution in [0.5, 0.6) is 11.5 Å². The Morgan fingerprint density at radius 1 is 1.40 bits per heavy atom. The van der Waals surface area contributed by atoms with Crippen molar-refractivity contribution in [3.05, 3.63) is 23.5 Å². The summed E-state index contributed by atoms with van der Waals surface area (Å²) in [6, 6.07) is 2.40. The highest BCUT2D eigenvalue weighted by Crippen LogP contribution is 2.34.